The Hall–Kier alpha value is -3.24. The third kappa shape index (κ3) is 5.63. The molecule has 0 unspecified atom stereocenters. The number of carbonyl (C=O) groups is 2. The highest BCUT2D eigenvalue weighted by atomic mass is 19.4. The number of hydrogen-bond acceptors (Lipinski definition) is 6. The van der Waals surface area contributed by atoms with E-state index in [2.05, 4.69) is 20.3 Å². The van der Waals surface area contributed by atoms with Gasteiger partial charge in [0.15, 0.2) is 11.4 Å². The standard InChI is InChI=1S/C23H26F3N5O3/c24-23(25,26)16-7-5-15(6-8-16)22(33)31-12-2-3-17(31)13-34-18-4-1-10-28-20(18)21(32)30-19-9-11-27-14-29-19/h1,4,9-11,14-17H,2-3,5-8,12-13H2,(H,27,29,30,32)/t15?,16?,17-/m1/s1. The Morgan fingerprint density at radius 2 is 1.88 bits per heavy atom. The summed E-state index contributed by atoms with van der Waals surface area (Å²) in [5.74, 6) is -1.68. The quantitative estimate of drug-likeness (QED) is 0.679. The zero-order valence-corrected chi connectivity index (χ0v) is 18.5. The average molecular weight is 477 g/mol. The van der Waals surface area contributed by atoms with Crippen molar-refractivity contribution in [2.24, 2.45) is 11.8 Å². The van der Waals surface area contributed by atoms with E-state index >= 15 is 0 Å². The molecule has 3 heterocycles. The van der Waals surface area contributed by atoms with Gasteiger partial charge in [-0.05, 0) is 56.7 Å². The number of ether oxygens (including phenoxy) is 1. The Morgan fingerprint density at radius 1 is 1.09 bits per heavy atom. The number of pyridine rings is 1. The van der Waals surface area contributed by atoms with E-state index in [1.165, 1.54) is 18.7 Å². The molecule has 1 saturated carbocycles. The van der Waals surface area contributed by atoms with Crippen molar-refractivity contribution in [1.29, 1.82) is 0 Å². The van der Waals surface area contributed by atoms with Gasteiger partial charge in [-0.25, -0.2) is 15.0 Å². The van der Waals surface area contributed by atoms with Crippen molar-refractivity contribution in [2.75, 3.05) is 18.5 Å². The summed E-state index contributed by atoms with van der Waals surface area (Å²) in [4.78, 5) is 39.3. The summed E-state index contributed by atoms with van der Waals surface area (Å²) in [6.45, 7) is 0.725. The second-order valence-electron chi connectivity index (χ2n) is 8.63. The molecule has 2 fully saturated rings. The van der Waals surface area contributed by atoms with Crippen LogP contribution in [0.2, 0.25) is 0 Å². The third-order valence-electron chi connectivity index (χ3n) is 6.44. The van der Waals surface area contributed by atoms with Crippen LogP contribution in [0.3, 0.4) is 0 Å². The van der Waals surface area contributed by atoms with E-state index in [4.69, 9.17) is 4.74 Å². The minimum atomic E-state index is -4.20. The van der Waals surface area contributed by atoms with Crippen molar-refractivity contribution in [3.8, 4) is 5.75 Å². The van der Waals surface area contributed by atoms with Crippen molar-refractivity contribution in [2.45, 2.75) is 50.7 Å². The first kappa shape index (κ1) is 23.9. The summed E-state index contributed by atoms with van der Waals surface area (Å²) in [6, 6.07) is 4.62. The van der Waals surface area contributed by atoms with Crippen LogP contribution in [0, 0.1) is 11.8 Å². The molecule has 8 nitrogen and oxygen atoms in total. The molecular formula is C23H26F3N5O3. The van der Waals surface area contributed by atoms with Gasteiger partial charge in [0.25, 0.3) is 5.91 Å². The van der Waals surface area contributed by atoms with Gasteiger partial charge in [0, 0.05) is 24.9 Å². The van der Waals surface area contributed by atoms with Crippen molar-refractivity contribution in [3.63, 3.8) is 0 Å². The van der Waals surface area contributed by atoms with Gasteiger partial charge in [-0.2, -0.15) is 13.2 Å². The van der Waals surface area contributed by atoms with Crippen molar-refractivity contribution in [1.82, 2.24) is 19.9 Å². The predicted molar refractivity (Wildman–Crippen MR) is 116 cm³/mol. The molecule has 1 N–H and O–H groups in total. The van der Waals surface area contributed by atoms with Gasteiger partial charge in [-0.3, -0.25) is 9.59 Å². The molecule has 1 saturated heterocycles. The second kappa shape index (κ2) is 10.4. The van der Waals surface area contributed by atoms with Crippen LogP contribution in [-0.4, -0.2) is 57.0 Å². The Kier molecular flexibility index (Phi) is 7.28. The number of halogens is 3. The number of rotatable bonds is 6. The molecule has 0 radical (unpaired) electrons. The van der Waals surface area contributed by atoms with Crippen molar-refractivity contribution < 1.29 is 27.5 Å². The number of amides is 2. The minimum Gasteiger partial charge on any atom is -0.489 e. The predicted octanol–water partition coefficient (Wildman–Crippen LogP) is 3.86. The number of carbonyl (C=O) groups excluding carboxylic acids is 2. The summed E-state index contributed by atoms with van der Waals surface area (Å²) in [5, 5.41) is 2.63. The number of nitrogens with one attached hydrogen (secondary N) is 1. The molecule has 1 aliphatic carbocycles. The summed E-state index contributed by atoms with van der Waals surface area (Å²) in [6.07, 6.45) is 2.12. The van der Waals surface area contributed by atoms with Gasteiger partial charge in [0.2, 0.25) is 5.91 Å². The second-order valence-corrected chi connectivity index (χ2v) is 8.63. The molecule has 4 rings (SSSR count). The lowest BCUT2D eigenvalue weighted by Crippen LogP contribution is -2.44. The molecule has 0 bridgehead atoms. The SMILES string of the molecule is O=C(Nc1ccncn1)c1ncccc1OC[C@H]1CCCN1C(=O)C1CCC(C(F)(F)F)CC1. The fourth-order valence-corrected chi connectivity index (χ4v) is 4.60. The Balaban J connectivity index is 1.35. The number of likely N-dealkylation sites (tertiary alicyclic amines) is 1. The summed E-state index contributed by atoms with van der Waals surface area (Å²) >= 11 is 0. The van der Waals surface area contributed by atoms with E-state index in [1.54, 1.807) is 23.1 Å². The molecule has 2 aromatic rings. The molecule has 0 spiro atoms. The molecule has 11 heteroatoms. The smallest absolute Gasteiger partial charge is 0.391 e. The summed E-state index contributed by atoms with van der Waals surface area (Å²) in [5.41, 5.74) is 0.0856. The van der Waals surface area contributed by atoms with Crippen LogP contribution in [0.15, 0.2) is 36.9 Å². The highest BCUT2D eigenvalue weighted by Crippen LogP contribution is 2.40. The van der Waals surface area contributed by atoms with E-state index in [0.717, 1.165) is 12.8 Å². The molecular weight excluding hydrogens is 451 g/mol. The first-order valence-corrected chi connectivity index (χ1v) is 11.4. The van der Waals surface area contributed by atoms with Crippen LogP contribution in [0.25, 0.3) is 0 Å². The fourth-order valence-electron chi connectivity index (χ4n) is 4.60. The van der Waals surface area contributed by atoms with Gasteiger partial charge < -0.3 is 15.0 Å². The normalized spacial score (nSPS) is 22.9. The Morgan fingerprint density at radius 3 is 2.59 bits per heavy atom. The zero-order chi connectivity index (χ0) is 24.1. The number of nitrogens with zero attached hydrogens (tertiary/aromatic N) is 4. The van der Waals surface area contributed by atoms with Gasteiger partial charge in [0.1, 0.15) is 18.8 Å². The van der Waals surface area contributed by atoms with Crippen molar-refractivity contribution >= 4 is 17.6 Å². The lowest BCUT2D eigenvalue weighted by atomic mass is 9.81. The van der Waals surface area contributed by atoms with E-state index in [-0.39, 0.29) is 61.6 Å². The van der Waals surface area contributed by atoms with Gasteiger partial charge in [0.05, 0.1) is 12.0 Å². The monoisotopic (exact) mass is 477 g/mol. The largest absolute Gasteiger partial charge is 0.489 e. The number of alkyl halides is 3. The molecule has 34 heavy (non-hydrogen) atoms. The number of hydrogen-bond donors (Lipinski definition) is 1. The van der Waals surface area contributed by atoms with Crippen LogP contribution in [0.4, 0.5) is 19.0 Å². The van der Waals surface area contributed by atoms with Gasteiger partial charge >= 0.3 is 6.18 Å². The number of anilines is 1. The molecule has 2 aromatic heterocycles. The highest BCUT2D eigenvalue weighted by molar-refractivity contribution is 6.04. The lowest BCUT2D eigenvalue weighted by molar-refractivity contribution is -0.185. The average Bonchev–Trinajstić information content (AvgIpc) is 3.31. The van der Waals surface area contributed by atoms with E-state index in [0.29, 0.717) is 12.4 Å². The van der Waals surface area contributed by atoms with E-state index in [1.807, 2.05) is 0 Å². The highest BCUT2D eigenvalue weighted by Gasteiger charge is 2.44. The lowest BCUT2D eigenvalue weighted by Gasteiger charge is -2.33. The maximum atomic E-state index is 13.1. The van der Waals surface area contributed by atoms with E-state index < -0.39 is 18.0 Å². The first-order valence-electron chi connectivity index (χ1n) is 11.4. The minimum absolute atomic E-state index is 0.00456. The van der Waals surface area contributed by atoms with Gasteiger partial charge in [-0.1, -0.05) is 0 Å². The van der Waals surface area contributed by atoms with Crippen molar-refractivity contribution in [3.05, 3.63) is 42.6 Å². The Bertz CT molecular complexity index is 997. The van der Waals surface area contributed by atoms with E-state index in [9.17, 15) is 22.8 Å². The Labute approximate surface area is 194 Å². The van der Waals surface area contributed by atoms with Gasteiger partial charge in [-0.15, -0.1) is 0 Å². The first-order chi connectivity index (χ1) is 16.3. The third-order valence-corrected chi connectivity index (χ3v) is 6.44. The molecule has 2 aliphatic rings. The topological polar surface area (TPSA) is 97.3 Å². The summed E-state index contributed by atoms with van der Waals surface area (Å²) < 4.78 is 44.8. The molecule has 0 aromatic carbocycles. The van der Waals surface area contributed by atoms with Crippen LogP contribution < -0.4 is 10.1 Å². The number of aromatic nitrogens is 3. The maximum Gasteiger partial charge on any atom is 0.391 e. The van der Waals surface area contributed by atoms with Crippen LogP contribution in [0.5, 0.6) is 5.75 Å². The van der Waals surface area contributed by atoms with Crippen LogP contribution >= 0.6 is 0 Å². The molecule has 1 atom stereocenters. The zero-order valence-electron chi connectivity index (χ0n) is 18.5. The molecule has 1 aliphatic heterocycles. The summed E-state index contributed by atoms with van der Waals surface area (Å²) in [7, 11) is 0. The van der Waals surface area contributed by atoms with Crippen LogP contribution in [-0.2, 0) is 4.79 Å². The molecule has 2 amide bonds. The maximum absolute atomic E-state index is 13.1. The van der Waals surface area contributed by atoms with Crippen LogP contribution in [0.1, 0.15) is 49.0 Å². The fraction of sp³-hybridized carbons (Fsp3) is 0.522. The molecule has 182 valence electrons.